The van der Waals surface area contributed by atoms with Crippen LogP contribution in [0.2, 0.25) is 0 Å². The van der Waals surface area contributed by atoms with Crippen LogP contribution >= 0.6 is 0 Å². The largest absolute Gasteiger partial charge is 0.392 e. The van der Waals surface area contributed by atoms with E-state index in [1.165, 1.54) is 0 Å². The molecule has 1 amide bonds. The maximum Gasteiger partial charge on any atom is 0.273 e. The maximum atomic E-state index is 12.2. The van der Waals surface area contributed by atoms with Gasteiger partial charge in [-0.15, -0.1) is 0 Å². The van der Waals surface area contributed by atoms with Crippen molar-refractivity contribution in [1.82, 2.24) is 10.5 Å². The fraction of sp³-hybridized carbons (Fsp3) is 0.765. The highest BCUT2D eigenvalue weighted by atomic mass is 16.5. The number of ether oxygens (including phenoxy) is 1. The van der Waals surface area contributed by atoms with Crippen LogP contribution in [0.25, 0.3) is 0 Å². The summed E-state index contributed by atoms with van der Waals surface area (Å²) in [4.78, 5) is 12.2. The Morgan fingerprint density at radius 1 is 1.43 bits per heavy atom. The third kappa shape index (κ3) is 3.28. The van der Waals surface area contributed by atoms with Crippen LogP contribution in [-0.4, -0.2) is 42.0 Å². The first kappa shape index (κ1) is 16.5. The van der Waals surface area contributed by atoms with E-state index < -0.39 is 0 Å². The molecule has 1 saturated heterocycles. The average Bonchev–Trinajstić information content (AvgIpc) is 3.14. The Morgan fingerprint density at radius 2 is 2.17 bits per heavy atom. The molecule has 23 heavy (non-hydrogen) atoms. The summed E-state index contributed by atoms with van der Waals surface area (Å²) < 4.78 is 10.6. The zero-order chi connectivity index (χ0) is 16.4. The van der Waals surface area contributed by atoms with E-state index in [9.17, 15) is 9.90 Å². The fourth-order valence-electron chi connectivity index (χ4n) is 3.80. The predicted octanol–water partition coefficient (Wildman–Crippen LogP) is 2.10. The van der Waals surface area contributed by atoms with Crippen LogP contribution in [0.5, 0.6) is 0 Å². The molecule has 1 saturated carbocycles. The van der Waals surface area contributed by atoms with Crippen LogP contribution < -0.4 is 5.32 Å². The number of carbonyl (C=O) groups excluding carboxylic acids is 1. The molecule has 1 spiro atoms. The predicted molar refractivity (Wildman–Crippen MR) is 84.1 cm³/mol. The molecular formula is C17H26N2O4. The second-order valence-electron chi connectivity index (χ2n) is 7.20. The minimum atomic E-state index is -0.366. The van der Waals surface area contributed by atoms with E-state index in [2.05, 4.69) is 10.5 Å². The molecule has 2 fully saturated rings. The number of rotatable bonds is 4. The van der Waals surface area contributed by atoms with Crippen molar-refractivity contribution < 1.29 is 19.2 Å². The van der Waals surface area contributed by atoms with Crippen LogP contribution in [0.15, 0.2) is 10.6 Å². The van der Waals surface area contributed by atoms with Crippen LogP contribution in [0, 0.1) is 11.3 Å². The number of hydrogen-bond donors (Lipinski definition) is 2. The number of nitrogens with zero attached hydrogens (tertiary/aromatic N) is 1. The molecule has 2 N–H and O–H groups in total. The summed E-state index contributed by atoms with van der Waals surface area (Å²) in [5.74, 6) is 0.778. The van der Waals surface area contributed by atoms with Gasteiger partial charge in [0.1, 0.15) is 5.76 Å². The van der Waals surface area contributed by atoms with Gasteiger partial charge in [-0.2, -0.15) is 0 Å². The van der Waals surface area contributed by atoms with E-state index in [1.807, 2.05) is 13.8 Å². The average molecular weight is 322 g/mol. The molecular weight excluding hydrogens is 296 g/mol. The van der Waals surface area contributed by atoms with Crippen molar-refractivity contribution in [3.05, 3.63) is 17.5 Å². The second-order valence-corrected chi connectivity index (χ2v) is 7.20. The number of aliphatic hydroxyl groups excluding tert-OH is 1. The van der Waals surface area contributed by atoms with Gasteiger partial charge in [-0.3, -0.25) is 4.79 Å². The van der Waals surface area contributed by atoms with Crippen molar-refractivity contribution in [2.75, 3.05) is 19.8 Å². The molecule has 1 aliphatic heterocycles. The minimum absolute atomic E-state index is 0.00759. The molecule has 0 radical (unpaired) electrons. The van der Waals surface area contributed by atoms with Crippen LogP contribution in [-0.2, 0) is 4.74 Å². The van der Waals surface area contributed by atoms with Crippen LogP contribution in [0.1, 0.15) is 61.7 Å². The Bertz CT molecular complexity index is 549. The molecule has 1 aliphatic carbocycles. The van der Waals surface area contributed by atoms with Gasteiger partial charge in [0.2, 0.25) is 0 Å². The quantitative estimate of drug-likeness (QED) is 0.887. The number of carbonyl (C=O) groups is 1. The fourth-order valence-corrected chi connectivity index (χ4v) is 3.80. The molecule has 6 heteroatoms. The minimum Gasteiger partial charge on any atom is -0.392 e. The van der Waals surface area contributed by atoms with E-state index in [4.69, 9.17) is 9.26 Å². The lowest BCUT2D eigenvalue weighted by Crippen LogP contribution is -2.41. The maximum absolute atomic E-state index is 12.2. The first-order valence-corrected chi connectivity index (χ1v) is 8.52. The highest BCUT2D eigenvalue weighted by Crippen LogP contribution is 2.48. The number of aliphatic hydroxyl groups is 1. The smallest absolute Gasteiger partial charge is 0.273 e. The third-order valence-electron chi connectivity index (χ3n) is 5.43. The molecule has 2 heterocycles. The van der Waals surface area contributed by atoms with Gasteiger partial charge in [0, 0.05) is 43.1 Å². The molecule has 2 unspecified atom stereocenters. The van der Waals surface area contributed by atoms with Gasteiger partial charge in [-0.1, -0.05) is 19.0 Å². The van der Waals surface area contributed by atoms with Gasteiger partial charge in [0.25, 0.3) is 5.91 Å². The van der Waals surface area contributed by atoms with Gasteiger partial charge >= 0.3 is 0 Å². The van der Waals surface area contributed by atoms with Gasteiger partial charge in [0.15, 0.2) is 5.69 Å². The Balaban J connectivity index is 1.55. The molecule has 6 nitrogen and oxygen atoms in total. The highest BCUT2D eigenvalue weighted by molar-refractivity contribution is 5.92. The number of nitrogens with one attached hydrogen (secondary N) is 1. The Hall–Kier alpha value is -1.40. The zero-order valence-electron chi connectivity index (χ0n) is 13.9. The summed E-state index contributed by atoms with van der Waals surface area (Å²) >= 11 is 0. The number of amides is 1. The van der Waals surface area contributed by atoms with Crippen molar-refractivity contribution in [2.45, 2.75) is 51.6 Å². The Morgan fingerprint density at radius 3 is 2.83 bits per heavy atom. The Kier molecular flexibility index (Phi) is 4.73. The van der Waals surface area contributed by atoms with E-state index in [-0.39, 0.29) is 29.3 Å². The number of aromatic nitrogens is 1. The molecule has 2 atom stereocenters. The number of hydrogen-bond acceptors (Lipinski definition) is 5. The van der Waals surface area contributed by atoms with Crippen LogP contribution in [0.4, 0.5) is 0 Å². The van der Waals surface area contributed by atoms with Crippen molar-refractivity contribution in [2.24, 2.45) is 11.3 Å². The van der Waals surface area contributed by atoms with Gasteiger partial charge in [0.05, 0.1) is 6.10 Å². The molecule has 3 rings (SSSR count). The zero-order valence-corrected chi connectivity index (χ0v) is 13.9. The molecule has 0 bridgehead atoms. The van der Waals surface area contributed by atoms with Crippen molar-refractivity contribution >= 4 is 5.91 Å². The lowest BCUT2D eigenvalue weighted by molar-refractivity contribution is -0.0555. The summed E-state index contributed by atoms with van der Waals surface area (Å²) in [5, 5.41) is 17.4. The standard InChI is InChI=1S/C17H26N2O4/c1-11(2)14-9-13(19-23-14)16(21)18-10-12-3-4-17(15(12)20)5-7-22-8-6-17/h9,11-12,15,20H,3-8,10H2,1-2H3,(H,18,21). The van der Waals surface area contributed by atoms with E-state index in [0.29, 0.717) is 18.0 Å². The molecule has 0 aromatic carbocycles. The van der Waals surface area contributed by atoms with Crippen molar-refractivity contribution in [1.29, 1.82) is 0 Å². The first-order valence-electron chi connectivity index (χ1n) is 8.52. The Labute approximate surface area is 136 Å². The first-order chi connectivity index (χ1) is 11.0. The van der Waals surface area contributed by atoms with E-state index in [1.54, 1.807) is 6.07 Å². The summed E-state index contributed by atoms with van der Waals surface area (Å²) in [6.45, 7) is 5.92. The summed E-state index contributed by atoms with van der Waals surface area (Å²) in [7, 11) is 0. The van der Waals surface area contributed by atoms with Gasteiger partial charge in [-0.05, 0) is 25.7 Å². The van der Waals surface area contributed by atoms with E-state index in [0.717, 1.165) is 38.9 Å². The molecule has 2 aliphatic rings. The second kappa shape index (κ2) is 6.61. The lowest BCUT2D eigenvalue weighted by atomic mass is 9.76. The van der Waals surface area contributed by atoms with Crippen molar-refractivity contribution in [3.63, 3.8) is 0 Å². The van der Waals surface area contributed by atoms with Gasteiger partial charge < -0.3 is 19.7 Å². The summed E-state index contributed by atoms with van der Waals surface area (Å²) in [5.41, 5.74) is 0.300. The lowest BCUT2D eigenvalue weighted by Gasteiger charge is -2.37. The summed E-state index contributed by atoms with van der Waals surface area (Å²) in [6, 6.07) is 1.69. The normalized spacial score (nSPS) is 26.8. The highest BCUT2D eigenvalue weighted by Gasteiger charge is 2.48. The molecule has 128 valence electrons. The third-order valence-corrected chi connectivity index (χ3v) is 5.43. The molecule has 1 aromatic heterocycles. The van der Waals surface area contributed by atoms with Crippen LogP contribution in [0.3, 0.4) is 0 Å². The summed E-state index contributed by atoms with van der Waals surface area (Å²) in [6.07, 6.45) is 3.42. The van der Waals surface area contributed by atoms with E-state index >= 15 is 0 Å². The van der Waals surface area contributed by atoms with Gasteiger partial charge in [-0.25, -0.2) is 0 Å². The SMILES string of the molecule is CC(C)c1cc(C(=O)NCC2CCC3(CCOCC3)C2O)no1. The van der Waals surface area contributed by atoms with Crippen molar-refractivity contribution in [3.8, 4) is 0 Å². The molecule has 1 aromatic rings. The topological polar surface area (TPSA) is 84.6 Å². The monoisotopic (exact) mass is 322 g/mol.